The zero-order chi connectivity index (χ0) is 25.1. The molecule has 0 bridgehead atoms. The quantitative estimate of drug-likeness (QED) is 0.288. The van der Waals surface area contributed by atoms with Gasteiger partial charge >= 0.3 is 0 Å². The second kappa shape index (κ2) is 10.4. The minimum Gasteiger partial charge on any atom is -0.495 e. The third kappa shape index (κ3) is 4.86. The molecule has 1 unspecified atom stereocenters. The third-order valence-corrected chi connectivity index (χ3v) is 6.56. The van der Waals surface area contributed by atoms with Gasteiger partial charge in [-0.25, -0.2) is 4.98 Å². The highest BCUT2D eigenvalue weighted by molar-refractivity contribution is 9.10. The summed E-state index contributed by atoms with van der Waals surface area (Å²) in [6.07, 6.45) is 0.762. The van der Waals surface area contributed by atoms with E-state index in [1.807, 2.05) is 69.3 Å². The summed E-state index contributed by atoms with van der Waals surface area (Å²) in [5.41, 5.74) is 2.56. The lowest BCUT2D eigenvalue weighted by atomic mass is 10.1. The number of halogens is 1. The minimum atomic E-state index is -0.478. The molecule has 0 fully saturated rings. The van der Waals surface area contributed by atoms with E-state index in [0.29, 0.717) is 40.3 Å². The zero-order valence-electron chi connectivity index (χ0n) is 20.3. The van der Waals surface area contributed by atoms with E-state index in [1.165, 1.54) is 0 Å². The van der Waals surface area contributed by atoms with Crippen LogP contribution >= 0.6 is 15.9 Å². The summed E-state index contributed by atoms with van der Waals surface area (Å²) < 4.78 is 8.12. The maximum Gasteiger partial charge on any atom is 0.266 e. The van der Waals surface area contributed by atoms with E-state index < -0.39 is 6.04 Å². The molecule has 1 atom stereocenters. The number of para-hydroxylation sites is 1. The molecule has 0 aliphatic heterocycles. The predicted octanol–water partition coefficient (Wildman–Crippen LogP) is 6.08. The van der Waals surface area contributed by atoms with Crippen LogP contribution in [-0.4, -0.2) is 34.0 Å². The van der Waals surface area contributed by atoms with Crippen LogP contribution in [0.15, 0.2) is 76.0 Å². The van der Waals surface area contributed by atoms with Crippen LogP contribution in [0.5, 0.6) is 5.75 Å². The Morgan fingerprint density at radius 2 is 1.83 bits per heavy atom. The third-order valence-electron chi connectivity index (χ3n) is 6.03. The number of benzene rings is 3. The number of aromatic nitrogens is 2. The van der Waals surface area contributed by atoms with Gasteiger partial charge < -0.3 is 9.64 Å². The Morgan fingerprint density at radius 3 is 2.51 bits per heavy atom. The van der Waals surface area contributed by atoms with Crippen molar-refractivity contribution in [2.75, 3.05) is 13.7 Å². The summed E-state index contributed by atoms with van der Waals surface area (Å²) in [6, 6.07) is 19.8. The monoisotopic (exact) mass is 533 g/mol. The second-order valence-electron chi connectivity index (χ2n) is 8.48. The van der Waals surface area contributed by atoms with Crippen molar-refractivity contribution < 1.29 is 9.53 Å². The highest BCUT2D eigenvalue weighted by atomic mass is 79.9. The molecular formula is C28H28BrN3O3. The molecule has 35 heavy (non-hydrogen) atoms. The van der Waals surface area contributed by atoms with Gasteiger partial charge in [-0.2, -0.15) is 0 Å². The summed E-state index contributed by atoms with van der Waals surface area (Å²) in [5, 5.41) is 0.508. The van der Waals surface area contributed by atoms with E-state index in [2.05, 4.69) is 15.9 Å². The van der Waals surface area contributed by atoms with Gasteiger partial charge in [-0.05, 0) is 74.4 Å². The number of aryl methyl sites for hydroxylation is 1. The first-order valence-electron chi connectivity index (χ1n) is 11.6. The molecule has 0 saturated heterocycles. The SMILES string of the molecule is CCCN(C(=O)c1ccc(Br)cc1)C(C)c1nc2ccccc2c(=O)n1-c1cc(C)ccc1OC. The standard InChI is InChI=1S/C28H28BrN3O3/c1-5-16-31(27(33)20-11-13-21(29)14-12-20)19(3)26-30-23-9-7-6-8-22(23)28(34)32(26)24-17-18(2)10-15-25(24)35-4/h6-15,17,19H,5,16H2,1-4H3. The molecule has 6 nitrogen and oxygen atoms in total. The maximum atomic E-state index is 13.9. The number of nitrogens with zero attached hydrogens (tertiary/aromatic N) is 3. The van der Waals surface area contributed by atoms with E-state index in [4.69, 9.17) is 9.72 Å². The van der Waals surface area contributed by atoms with Crippen molar-refractivity contribution in [3.8, 4) is 11.4 Å². The molecule has 4 aromatic rings. The lowest BCUT2D eigenvalue weighted by Crippen LogP contribution is -2.38. The number of rotatable bonds is 7. The number of ether oxygens (including phenoxy) is 1. The van der Waals surface area contributed by atoms with Gasteiger partial charge in [-0.3, -0.25) is 14.2 Å². The van der Waals surface area contributed by atoms with Crippen LogP contribution in [0.2, 0.25) is 0 Å². The summed E-state index contributed by atoms with van der Waals surface area (Å²) in [7, 11) is 1.58. The number of carbonyl (C=O) groups excluding carboxylic acids is 1. The van der Waals surface area contributed by atoms with Crippen LogP contribution in [0, 0.1) is 6.92 Å². The molecule has 4 rings (SSSR count). The number of fused-ring (bicyclic) bond motifs is 1. The molecular weight excluding hydrogens is 506 g/mol. The maximum absolute atomic E-state index is 13.9. The van der Waals surface area contributed by atoms with E-state index in [-0.39, 0.29) is 11.5 Å². The van der Waals surface area contributed by atoms with Crippen molar-refractivity contribution in [1.82, 2.24) is 14.5 Å². The van der Waals surface area contributed by atoms with Crippen LogP contribution in [0.25, 0.3) is 16.6 Å². The average Bonchev–Trinajstić information content (AvgIpc) is 2.87. The summed E-state index contributed by atoms with van der Waals surface area (Å²) in [4.78, 5) is 34.1. The number of hydrogen-bond donors (Lipinski definition) is 0. The molecule has 0 saturated carbocycles. The Bertz CT molecular complexity index is 1430. The first-order chi connectivity index (χ1) is 16.8. The minimum absolute atomic E-state index is 0.114. The predicted molar refractivity (Wildman–Crippen MR) is 143 cm³/mol. The van der Waals surface area contributed by atoms with Gasteiger partial charge in [0.25, 0.3) is 11.5 Å². The Morgan fingerprint density at radius 1 is 1.11 bits per heavy atom. The Balaban J connectivity index is 1.95. The smallest absolute Gasteiger partial charge is 0.266 e. The number of amides is 1. The van der Waals surface area contributed by atoms with Crippen molar-refractivity contribution in [3.63, 3.8) is 0 Å². The normalized spacial score (nSPS) is 11.9. The molecule has 0 N–H and O–H groups in total. The van der Waals surface area contributed by atoms with Crippen LogP contribution in [-0.2, 0) is 0 Å². The van der Waals surface area contributed by atoms with Gasteiger partial charge in [0, 0.05) is 16.6 Å². The van der Waals surface area contributed by atoms with Gasteiger partial charge in [0.15, 0.2) is 0 Å². The topological polar surface area (TPSA) is 64.4 Å². The van der Waals surface area contributed by atoms with Gasteiger partial charge in [0.2, 0.25) is 0 Å². The van der Waals surface area contributed by atoms with E-state index >= 15 is 0 Å². The van der Waals surface area contributed by atoms with Crippen molar-refractivity contribution >= 4 is 32.7 Å². The fourth-order valence-corrected chi connectivity index (χ4v) is 4.51. The second-order valence-corrected chi connectivity index (χ2v) is 9.40. The van der Waals surface area contributed by atoms with Gasteiger partial charge in [0.1, 0.15) is 11.6 Å². The van der Waals surface area contributed by atoms with E-state index in [9.17, 15) is 9.59 Å². The first-order valence-corrected chi connectivity index (χ1v) is 12.4. The van der Waals surface area contributed by atoms with Crippen LogP contribution in [0.1, 0.15) is 48.1 Å². The molecule has 1 amide bonds. The first kappa shape index (κ1) is 24.7. The van der Waals surface area contributed by atoms with Gasteiger partial charge in [0.05, 0.1) is 29.7 Å². The number of methoxy groups -OCH3 is 1. The molecule has 180 valence electrons. The molecule has 7 heteroatoms. The largest absolute Gasteiger partial charge is 0.495 e. The van der Waals surface area contributed by atoms with Crippen LogP contribution < -0.4 is 10.3 Å². The summed E-state index contributed by atoms with van der Waals surface area (Å²) >= 11 is 3.43. The van der Waals surface area contributed by atoms with Crippen molar-refractivity contribution in [1.29, 1.82) is 0 Å². The van der Waals surface area contributed by atoms with Crippen molar-refractivity contribution in [2.24, 2.45) is 0 Å². The molecule has 0 radical (unpaired) electrons. The summed E-state index contributed by atoms with van der Waals surface area (Å²) in [6.45, 7) is 6.43. The fraction of sp³-hybridized carbons (Fsp3) is 0.250. The average molecular weight is 534 g/mol. The molecule has 0 spiro atoms. The lowest BCUT2D eigenvalue weighted by molar-refractivity contribution is 0.0681. The fourth-order valence-electron chi connectivity index (χ4n) is 4.25. The lowest BCUT2D eigenvalue weighted by Gasteiger charge is -2.30. The molecule has 1 aromatic heterocycles. The molecule has 0 aliphatic rings. The Labute approximate surface area is 213 Å². The van der Waals surface area contributed by atoms with Crippen molar-refractivity contribution in [2.45, 2.75) is 33.2 Å². The highest BCUT2D eigenvalue weighted by Crippen LogP contribution is 2.29. The molecule has 3 aromatic carbocycles. The molecule has 1 heterocycles. The van der Waals surface area contributed by atoms with Crippen LogP contribution in [0.3, 0.4) is 0 Å². The van der Waals surface area contributed by atoms with Crippen molar-refractivity contribution in [3.05, 3.63) is 98.5 Å². The van der Waals surface area contributed by atoms with E-state index in [1.54, 1.807) is 34.8 Å². The summed E-state index contributed by atoms with van der Waals surface area (Å²) in [5.74, 6) is 0.929. The molecule has 0 aliphatic carbocycles. The highest BCUT2D eigenvalue weighted by Gasteiger charge is 2.28. The zero-order valence-corrected chi connectivity index (χ0v) is 21.9. The van der Waals surface area contributed by atoms with Gasteiger partial charge in [-0.1, -0.05) is 41.1 Å². The Kier molecular flexibility index (Phi) is 7.36. The van der Waals surface area contributed by atoms with Crippen LogP contribution in [0.4, 0.5) is 0 Å². The number of carbonyl (C=O) groups is 1. The van der Waals surface area contributed by atoms with Gasteiger partial charge in [-0.15, -0.1) is 0 Å². The number of hydrogen-bond acceptors (Lipinski definition) is 4. The Hall–Kier alpha value is -3.45. The van der Waals surface area contributed by atoms with E-state index in [0.717, 1.165) is 16.5 Å².